The Morgan fingerprint density at radius 3 is 1.62 bits per heavy atom. The second-order valence-electron chi connectivity index (χ2n) is 1.44. The van der Waals surface area contributed by atoms with Crippen LogP contribution < -0.4 is 0 Å². The molecule has 8 heavy (non-hydrogen) atoms. The summed E-state index contributed by atoms with van der Waals surface area (Å²) in [5.74, 6) is 0.882. The zero-order valence-corrected chi connectivity index (χ0v) is 7.13. The zero-order chi connectivity index (χ0) is 5.70. The maximum atomic E-state index is 4.10. The van der Waals surface area contributed by atoms with Crippen molar-refractivity contribution >= 4 is 25.0 Å². The summed E-state index contributed by atoms with van der Waals surface area (Å²) in [6, 6.07) is 0. The van der Waals surface area contributed by atoms with Crippen molar-refractivity contribution in [3.05, 3.63) is 0 Å². The van der Waals surface area contributed by atoms with Crippen LogP contribution >= 0.6 is 25.0 Å². The molecule has 1 nitrogen and oxygen atoms in total. The molecule has 0 spiro atoms. The molecule has 0 bridgehead atoms. The van der Waals surface area contributed by atoms with E-state index in [0.717, 1.165) is 19.0 Å². The van der Waals surface area contributed by atoms with Crippen molar-refractivity contribution in [1.29, 1.82) is 0 Å². The number of nitrogens with zero attached hydrogens (tertiary/aromatic N) is 1. The van der Waals surface area contributed by atoms with Gasteiger partial charge in [0.15, 0.2) is 0 Å². The fraction of sp³-hybridized carbons (Fsp3) is 1.00. The molecule has 0 radical (unpaired) electrons. The van der Waals surface area contributed by atoms with Crippen LogP contribution in [0.2, 0.25) is 0 Å². The number of rotatable bonds is 3. The van der Waals surface area contributed by atoms with Gasteiger partial charge in [-0.15, -0.1) is 12.4 Å². The summed E-state index contributed by atoms with van der Waals surface area (Å²) in [5.41, 5.74) is 0. The van der Waals surface area contributed by atoms with Crippen LogP contribution in [0.15, 0.2) is 0 Å². The van der Waals surface area contributed by atoms with Crippen molar-refractivity contribution in [3.8, 4) is 0 Å². The molecule has 0 aliphatic carbocycles. The molecule has 0 rings (SSSR count). The van der Waals surface area contributed by atoms with E-state index in [-0.39, 0.29) is 12.4 Å². The number of hydrogen-bond donors (Lipinski definition) is 1. The van der Waals surface area contributed by atoms with Gasteiger partial charge in [0, 0.05) is 5.88 Å². The minimum absolute atomic E-state index is 0. The number of hydrogen-bond acceptors (Lipinski definition) is 2. The molecular formula is C5H14ClNS. The van der Waals surface area contributed by atoms with Crippen LogP contribution in [-0.2, 0) is 0 Å². The van der Waals surface area contributed by atoms with Gasteiger partial charge < -0.3 is 0 Å². The average molecular weight is 156 g/mol. The Morgan fingerprint density at radius 1 is 1.25 bits per heavy atom. The van der Waals surface area contributed by atoms with Crippen LogP contribution in [0.5, 0.6) is 0 Å². The summed E-state index contributed by atoms with van der Waals surface area (Å²) in [7, 11) is 0. The van der Waals surface area contributed by atoms with E-state index >= 15 is 0 Å². The summed E-state index contributed by atoms with van der Waals surface area (Å²) in [6.45, 7) is 6.50. The maximum Gasteiger partial charge on any atom is 0.0414 e. The van der Waals surface area contributed by atoms with Crippen molar-refractivity contribution in [2.24, 2.45) is 0 Å². The number of halogens is 1. The minimum atomic E-state index is 0. The largest absolute Gasteiger partial charge is 0.295 e. The third-order valence-electron chi connectivity index (χ3n) is 1.09. The first kappa shape index (κ1) is 11.4. The lowest BCUT2D eigenvalue weighted by atomic mass is 10.6. The molecule has 0 N–H and O–H groups in total. The molecule has 0 aliphatic heterocycles. The Bertz CT molecular complexity index is 33.9. The standard InChI is InChI=1S/C5H13NS.ClH/c1-3-6(4-2)5-7;/h7H,3-5H2,1-2H3;1H. The Kier molecular flexibility index (Phi) is 10.8. The number of thiol groups is 1. The molecule has 3 heteroatoms. The van der Waals surface area contributed by atoms with Crippen LogP contribution in [0.25, 0.3) is 0 Å². The van der Waals surface area contributed by atoms with Gasteiger partial charge in [-0.25, -0.2) is 0 Å². The summed E-state index contributed by atoms with van der Waals surface area (Å²) in [5, 5.41) is 0. The predicted octanol–water partition coefficient (Wildman–Crippen LogP) is 1.64. The van der Waals surface area contributed by atoms with Crippen LogP contribution in [0.3, 0.4) is 0 Å². The molecule has 0 atom stereocenters. The lowest BCUT2D eigenvalue weighted by Gasteiger charge is -2.12. The van der Waals surface area contributed by atoms with Gasteiger partial charge in [0.2, 0.25) is 0 Å². The normalized spacial score (nSPS) is 9.00. The van der Waals surface area contributed by atoms with E-state index < -0.39 is 0 Å². The summed E-state index contributed by atoms with van der Waals surface area (Å²) in [4.78, 5) is 2.24. The van der Waals surface area contributed by atoms with Gasteiger partial charge >= 0.3 is 0 Å². The van der Waals surface area contributed by atoms with Gasteiger partial charge in [-0.1, -0.05) is 13.8 Å². The van der Waals surface area contributed by atoms with Gasteiger partial charge in [0.25, 0.3) is 0 Å². The highest BCUT2D eigenvalue weighted by Crippen LogP contribution is 1.86. The highest BCUT2D eigenvalue weighted by Gasteiger charge is 1.89. The molecule has 0 aliphatic rings. The lowest BCUT2D eigenvalue weighted by Crippen LogP contribution is -2.20. The van der Waals surface area contributed by atoms with Gasteiger partial charge in [-0.05, 0) is 13.1 Å². The highest BCUT2D eigenvalue weighted by molar-refractivity contribution is 7.80. The second kappa shape index (κ2) is 7.60. The van der Waals surface area contributed by atoms with Crippen molar-refractivity contribution in [2.75, 3.05) is 19.0 Å². The van der Waals surface area contributed by atoms with Crippen molar-refractivity contribution < 1.29 is 0 Å². The Balaban J connectivity index is 0. The molecule has 0 aromatic carbocycles. The molecule has 0 aromatic rings. The van der Waals surface area contributed by atoms with Crippen molar-refractivity contribution in [1.82, 2.24) is 4.90 Å². The quantitative estimate of drug-likeness (QED) is 0.479. The molecule has 0 saturated carbocycles. The molecule has 52 valence electrons. The van der Waals surface area contributed by atoms with Crippen LogP contribution in [0, 0.1) is 0 Å². The van der Waals surface area contributed by atoms with Crippen LogP contribution in [-0.4, -0.2) is 23.9 Å². The molecule has 0 unspecified atom stereocenters. The van der Waals surface area contributed by atoms with Crippen LogP contribution in [0.4, 0.5) is 0 Å². The third kappa shape index (κ3) is 4.75. The van der Waals surface area contributed by atoms with E-state index in [2.05, 4.69) is 31.4 Å². The fourth-order valence-corrected chi connectivity index (χ4v) is 0.824. The van der Waals surface area contributed by atoms with Crippen molar-refractivity contribution in [2.45, 2.75) is 13.8 Å². The van der Waals surface area contributed by atoms with Crippen molar-refractivity contribution in [3.63, 3.8) is 0 Å². The first-order valence-electron chi connectivity index (χ1n) is 2.68. The SMILES string of the molecule is CCN(CC)CS.Cl. The zero-order valence-electron chi connectivity index (χ0n) is 5.42. The topological polar surface area (TPSA) is 3.24 Å². The second-order valence-corrected chi connectivity index (χ2v) is 1.73. The van der Waals surface area contributed by atoms with Gasteiger partial charge in [0.1, 0.15) is 0 Å². The lowest BCUT2D eigenvalue weighted by molar-refractivity contribution is 0.359. The summed E-state index contributed by atoms with van der Waals surface area (Å²) in [6.07, 6.45) is 0. The van der Waals surface area contributed by atoms with Gasteiger partial charge in [0.05, 0.1) is 0 Å². The van der Waals surface area contributed by atoms with Crippen LogP contribution in [0.1, 0.15) is 13.8 Å². The van der Waals surface area contributed by atoms with E-state index in [0.29, 0.717) is 0 Å². The first-order chi connectivity index (χ1) is 3.35. The Hall–Kier alpha value is 0.600. The van der Waals surface area contributed by atoms with E-state index in [1.54, 1.807) is 0 Å². The minimum Gasteiger partial charge on any atom is -0.295 e. The maximum absolute atomic E-state index is 4.10. The monoisotopic (exact) mass is 155 g/mol. The van der Waals surface area contributed by atoms with E-state index in [1.165, 1.54) is 0 Å². The average Bonchev–Trinajstić information content (AvgIpc) is 1.72. The summed E-state index contributed by atoms with van der Waals surface area (Å²) < 4.78 is 0. The predicted molar refractivity (Wildman–Crippen MR) is 44.0 cm³/mol. The Morgan fingerprint density at radius 2 is 1.62 bits per heavy atom. The Labute approximate surface area is 63.3 Å². The molecule has 0 heterocycles. The molecule has 0 aromatic heterocycles. The van der Waals surface area contributed by atoms with E-state index in [9.17, 15) is 0 Å². The molecule has 0 fully saturated rings. The van der Waals surface area contributed by atoms with E-state index in [1.807, 2.05) is 0 Å². The van der Waals surface area contributed by atoms with E-state index in [4.69, 9.17) is 0 Å². The molecule has 0 amide bonds. The molecular weight excluding hydrogens is 142 g/mol. The fourth-order valence-electron chi connectivity index (χ4n) is 0.424. The highest BCUT2D eigenvalue weighted by atomic mass is 35.5. The summed E-state index contributed by atoms with van der Waals surface area (Å²) >= 11 is 4.10. The third-order valence-corrected chi connectivity index (χ3v) is 1.49. The smallest absolute Gasteiger partial charge is 0.0414 e. The van der Waals surface area contributed by atoms with Gasteiger partial charge in [-0.2, -0.15) is 12.6 Å². The molecule has 0 saturated heterocycles. The van der Waals surface area contributed by atoms with Gasteiger partial charge in [-0.3, -0.25) is 4.90 Å². The first-order valence-corrected chi connectivity index (χ1v) is 3.31.